The molecule has 1 fully saturated rings. The third-order valence-corrected chi connectivity index (χ3v) is 10.1. The zero-order chi connectivity index (χ0) is 33.9. The highest BCUT2D eigenvalue weighted by Gasteiger charge is 2.62. The fraction of sp³-hybridized carbons (Fsp3) is 0.529. The van der Waals surface area contributed by atoms with Crippen molar-refractivity contribution >= 4 is 34.9 Å². The Bertz CT molecular complexity index is 1620. The van der Waals surface area contributed by atoms with Gasteiger partial charge in [0.15, 0.2) is 23.1 Å². The highest BCUT2D eigenvalue weighted by Crippen LogP contribution is 2.50. The number of carbonyl (C=O) groups excluding carboxylic acids is 6. The molecule has 0 radical (unpaired) electrons. The Morgan fingerprint density at radius 1 is 0.870 bits per heavy atom. The van der Waals surface area contributed by atoms with E-state index in [4.69, 9.17) is 18.9 Å². The number of piperazine rings is 1. The van der Waals surface area contributed by atoms with Crippen LogP contribution in [0.4, 0.5) is 0 Å². The van der Waals surface area contributed by atoms with Gasteiger partial charge in [0.25, 0.3) is 0 Å². The van der Waals surface area contributed by atoms with E-state index in [2.05, 4.69) is 0 Å². The van der Waals surface area contributed by atoms with E-state index in [-0.39, 0.29) is 81.8 Å². The minimum absolute atomic E-state index is 0.00390. The number of nitrogens with zero attached hydrogens (tertiary/aromatic N) is 2. The number of likely N-dealkylation sites (N-methyl/N-ethyl adjacent to an activating group) is 1. The number of ether oxygens (including phenoxy) is 4. The number of allylic oxidation sites excluding steroid dienone is 5. The van der Waals surface area contributed by atoms with Crippen molar-refractivity contribution in [1.82, 2.24) is 9.80 Å². The first-order valence-electron chi connectivity index (χ1n) is 15.2. The average molecular weight is 637 g/mol. The maximum absolute atomic E-state index is 14.1. The predicted octanol–water partition coefficient (Wildman–Crippen LogP) is 1.74. The highest BCUT2D eigenvalue weighted by molar-refractivity contribution is 6.26. The molecule has 5 aliphatic rings. The summed E-state index contributed by atoms with van der Waals surface area (Å²) >= 11 is 0. The molecule has 4 unspecified atom stereocenters. The summed E-state index contributed by atoms with van der Waals surface area (Å²) in [6, 6.07) is -3.72. The van der Waals surface area contributed by atoms with Crippen molar-refractivity contribution in [2.75, 3.05) is 35.0 Å². The van der Waals surface area contributed by atoms with Crippen molar-refractivity contribution in [3.8, 4) is 0 Å². The normalized spacial score (nSPS) is 30.4. The van der Waals surface area contributed by atoms with E-state index < -0.39 is 53.8 Å². The SMILES string of the molecule is C/C=C(/C)C(=O)OC[C@H]1C2=C(CC3[C@H]4C5=C(C(=O)C(C)=C(OC)C5=O)C(OC)C(C(CC(C)=O)N31)N4C)C(=O)C(C)=C(OC)C2=O. The molecule has 2 bridgehead atoms. The summed E-state index contributed by atoms with van der Waals surface area (Å²) in [6.07, 6.45) is 0.710. The lowest BCUT2D eigenvalue weighted by molar-refractivity contribution is -0.152. The Balaban J connectivity index is 1.78. The van der Waals surface area contributed by atoms with Crippen LogP contribution in [0.1, 0.15) is 47.5 Å². The van der Waals surface area contributed by atoms with Crippen LogP contribution in [-0.2, 0) is 47.7 Å². The Morgan fingerprint density at radius 3 is 2.00 bits per heavy atom. The van der Waals surface area contributed by atoms with E-state index in [1.807, 2.05) is 9.80 Å². The van der Waals surface area contributed by atoms with Crippen LogP contribution < -0.4 is 0 Å². The van der Waals surface area contributed by atoms with Crippen molar-refractivity contribution in [2.45, 2.75) is 83.8 Å². The van der Waals surface area contributed by atoms with Crippen molar-refractivity contribution in [2.24, 2.45) is 0 Å². The number of rotatable bonds is 8. The maximum Gasteiger partial charge on any atom is 0.333 e. The highest BCUT2D eigenvalue weighted by atomic mass is 16.5. The summed E-state index contributed by atoms with van der Waals surface area (Å²) in [7, 11) is 5.90. The third-order valence-electron chi connectivity index (χ3n) is 10.1. The first kappa shape index (κ1) is 33.4. The summed E-state index contributed by atoms with van der Waals surface area (Å²) in [5.41, 5.74) is 1.43. The van der Waals surface area contributed by atoms with Gasteiger partial charge in [0, 0.05) is 64.6 Å². The minimum atomic E-state index is -0.978. The molecule has 5 rings (SSSR count). The summed E-state index contributed by atoms with van der Waals surface area (Å²) in [5.74, 6) is -2.67. The van der Waals surface area contributed by atoms with E-state index >= 15 is 0 Å². The van der Waals surface area contributed by atoms with Gasteiger partial charge in [0.05, 0.1) is 32.3 Å². The summed E-state index contributed by atoms with van der Waals surface area (Å²) in [5, 5.41) is 0. The number of Topliss-reactive ketones (excluding diaryl/α,β-unsaturated/α-hetero) is 5. The van der Waals surface area contributed by atoms with E-state index in [1.165, 1.54) is 42.1 Å². The number of ketones is 5. The van der Waals surface area contributed by atoms with Gasteiger partial charge in [-0.15, -0.1) is 0 Å². The molecule has 12 heteroatoms. The van der Waals surface area contributed by atoms with Crippen LogP contribution in [0, 0.1) is 0 Å². The zero-order valence-electron chi connectivity index (χ0n) is 27.6. The monoisotopic (exact) mass is 636 g/mol. The fourth-order valence-corrected chi connectivity index (χ4v) is 8.01. The van der Waals surface area contributed by atoms with Gasteiger partial charge >= 0.3 is 5.97 Å². The predicted molar refractivity (Wildman–Crippen MR) is 163 cm³/mol. The van der Waals surface area contributed by atoms with Gasteiger partial charge in [0.2, 0.25) is 11.6 Å². The lowest BCUT2D eigenvalue weighted by Gasteiger charge is -2.63. The second kappa shape index (κ2) is 12.3. The lowest BCUT2D eigenvalue weighted by Crippen LogP contribution is -2.77. The Morgan fingerprint density at radius 2 is 1.46 bits per heavy atom. The first-order chi connectivity index (χ1) is 21.8. The van der Waals surface area contributed by atoms with E-state index in [9.17, 15) is 28.8 Å². The standard InChI is InChI=1S/C34H40N2O10/c1-10-14(2)34(42)46-13-21-22-18(27(38)16(4)31(43-7)29(22)40)12-20-25-23-24(28(39)17(5)32(44-8)30(23)41)33(45-9)26(35(25)6)19(36(20)21)11-15(3)37/h10,19-21,25-26,33H,11-13H2,1-9H3/b14-10-/t19?,20?,21-,25-,26?,33?/m0/s1. The largest absolute Gasteiger partial charge is 0.492 e. The molecule has 0 N–H and O–H groups in total. The van der Waals surface area contributed by atoms with Crippen molar-refractivity contribution in [1.29, 1.82) is 0 Å². The van der Waals surface area contributed by atoms with Gasteiger partial charge in [-0.05, 0) is 48.1 Å². The van der Waals surface area contributed by atoms with Gasteiger partial charge in [-0.2, -0.15) is 0 Å². The number of carbonyl (C=O) groups is 6. The minimum Gasteiger partial charge on any atom is -0.492 e. The van der Waals surface area contributed by atoms with Gasteiger partial charge in [-0.3, -0.25) is 33.8 Å². The molecule has 0 aromatic carbocycles. The molecule has 1 saturated heterocycles. The molecule has 3 heterocycles. The van der Waals surface area contributed by atoms with E-state index in [1.54, 1.807) is 27.0 Å². The average Bonchev–Trinajstić information content (AvgIpc) is 3.02. The number of methoxy groups -OCH3 is 3. The fourth-order valence-electron chi connectivity index (χ4n) is 8.01. The van der Waals surface area contributed by atoms with Gasteiger partial charge < -0.3 is 18.9 Å². The molecule has 12 nitrogen and oxygen atoms in total. The molecule has 0 spiro atoms. The topological polar surface area (TPSA) is 146 Å². The van der Waals surface area contributed by atoms with Crippen LogP contribution in [0.5, 0.6) is 0 Å². The van der Waals surface area contributed by atoms with Crippen LogP contribution in [0.2, 0.25) is 0 Å². The second-order valence-corrected chi connectivity index (χ2v) is 12.4. The van der Waals surface area contributed by atoms with Crippen LogP contribution in [0.15, 0.2) is 56.6 Å². The van der Waals surface area contributed by atoms with Crippen molar-refractivity contribution in [3.63, 3.8) is 0 Å². The Hall–Kier alpha value is -4.00. The molecule has 0 aromatic heterocycles. The first-order valence-corrected chi connectivity index (χ1v) is 15.2. The molecule has 6 atom stereocenters. The number of hydrogen-bond acceptors (Lipinski definition) is 12. The molecule has 0 saturated carbocycles. The summed E-state index contributed by atoms with van der Waals surface area (Å²) < 4.78 is 22.6. The smallest absolute Gasteiger partial charge is 0.333 e. The quantitative estimate of drug-likeness (QED) is 0.217. The summed E-state index contributed by atoms with van der Waals surface area (Å²) in [4.78, 5) is 85.8. The molecule has 0 amide bonds. The molecule has 3 aliphatic heterocycles. The Labute approximate surface area is 267 Å². The molecular weight excluding hydrogens is 596 g/mol. The maximum atomic E-state index is 14.1. The van der Waals surface area contributed by atoms with Gasteiger partial charge in [-0.25, -0.2) is 4.79 Å². The van der Waals surface area contributed by atoms with E-state index in [0.29, 0.717) is 5.57 Å². The second-order valence-electron chi connectivity index (χ2n) is 12.4. The number of hydrogen-bond donors (Lipinski definition) is 0. The van der Waals surface area contributed by atoms with Crippen LogP contribution in [-0.4, -0.2) is 116 Å². The molecule has 0 aromatic rings. The molecular formula is C34H40N2O10. The summed E-state index contributed by atoms with van der Waals surface area (Å²) in [6.45, 7) is 7.49. The lowest BCUT2D eigenvalue weighted by atomic mass is 9.66. The van der Waals surface area contributed by atoms with E-state index in [0.717, 1.165) is 0 Å². The van der Waals surface area contributed by atoms with Crippen LogP contribution in [0.3, 0.4) is 0 Å². The van der Waals surface area contributed by atoms with Gasteiger partial charge in [0.1, 0.15) is 18.5 Å². The molecule has 46 heavy (non-hydrogen) atoms. The van der Waals surface area contributed by atoms with Crippen LogP contribution >= 0.6 is 0 Å². The van der Waals surface area contributed by atoms with Crippen molar-refractivity contribution in [3.05, 3.63) is 56.6 Å². The number of fused-ring (bicyclic) bond motifs is 5. The third kappa shape index (κ3) is 4.76. The molecule has 2 aliphatic carbocycles. The van der Waals surface area contributed by atoms with Crippen LogP contribution in [0.25, 0.3) is 0 Å². The molecule has 246 valence electrons. The zero-order valence-corrected chi connectivity index (χ0v) is 27.6. The van der Waals surface area contributed by atoms with Gasteiger partial charge in [-0.1, -0.05) is 6.08 Å². The van der Waals surface area contributed by atoms with Crippen molar-refractivity contribution < 1.29 is 47.7 Å². The Kier molecular flexibility index (Phi) is 8.93. The number of esters is 1.